The van der Waals surface area contributed by atoms with E-state index < -0.39 is 17.5 Å². The van der Waals surface area contributed by atoms with Crippen molar-refractivity contribution >= 4 is 28.5 Å². The molecule has 0 spiro atoms. The van der Waals surface area contributed by atoms with Crippen LogP contribution < -0.4 is 20.8 Å². The minimum atomic E-state index is -1.94. The number of fused-ring (bicyclic) bond motifs is 1. The van der Waals surface area contributed by atoms with Gasteiger partial charge in [0.05, 0.1) is 7.11 Å². The summed E-state index contributed by atoms with van der Waals surface area (Å²) in [7, 11) is 1.47. The van der Waals surface area contributed by atoms with E-state index in [1.807, 2.05) is 5.32 Å². The fourth-order valence-electron chi connectivity index (χ4n) is 1.49. The number of hydrogen-bond acceptors (Lipinski definition) is 6. The molecular weight excluding hydrogens is 254 g/mol. The van der Waals surface area contributed by atoms with Gasteiger partial charge in [-0.1, -0.05) is 0 Å². The summed E-state index contributed by atoms with van der Waals surface area (Å²) in [5, 5.41) is 12.7. The second kappa shape index (κ2) is 4.81. The van der Waals surface area contributed by atoms with E-state index >= 15 is 0 Å². The van der Waals surface area contributed by atoms with Gasteiger partial charge in [-0.05, 0) is 24.3 Å². The summed E-state index contributed by atoms with van der Waals surface area (Å²) >= 11 is 0. The first kappa shape index (κ1) is 12.6. The molecule has 2 rings (SSSR count). The van der Waals surface area contributed by atoms with Gasteiger partial charge in [-0.3, -0.25) is 4.79 Å². The van der Waals surface area contributed by atoms with Gasteiger partial charge in [0.25, 0.3) is 5.91 Å². The topological polar surface area (TPSA) is 109 Å². The molecule has 1 heterocycles. The summed E-state index contributed by atoms with van der Waals surface area (Å²) in [5.74, 6) is -2.83. The van der Waals surface area contributed by atoms with E-state index in [4.69, 9.17) is 9.15 Å². The number of rotatable bonds is 2. The summed E-state index contributed by atoms with van der Waals surface area (Å²) in [5.41, 5.74) is -0.848. The van der Waals surface area contributed by atoms with E-state index in [2.05, 4.69) is 0 Å². The molecule has 1 amide bonds. The van der Waals surface area contributed by atoms with Crippen molar-refractivity contribution in [2.24, 2.45) is 0 Å². The maximum absolute atomic E-state index is 11.5. The molecule has 1 N–H and O–H groups in total. The van der Waals surface area contributed by atoms with Crippen molar-refractivity contribution in [3.63, 3.8) is 0 Å². The number of anilines is 1. The van der Waals surface area contributed by atoms with Crippen LogP contribution in [0.1, 0.15) is 0 Å². The quantitative estimate of drug-likeness (QED) is 0.576. The Bertz CT molecular complexity index is 718. The van der Waals surface area contributed by atoms with Crippen molar-refractivity contribution in [3.05, 3.63) is 34.7 Å². The van der Waals surface area contributed by atoms with Gasteiger partial charge in [0, 0.05) is 5.39 Å². The first-order valence-electron chi connectivity index (χ1n) is 5.15. The van der Waals surface area contributed by atoms with Crippen molar-refractivity contribution < 1.29 is 23.8 Å². The van der Waals surface area contributed by atoms with E-state index in [1.165, 1.54) is 19.2 Å². The van der Waals surface area contributed by atoms with Crippen LogP contribution in [0.5, 0.6) is 5.75 Å². The largest absolute Gasteiger partial charge is 0.540 e. The summed E-state index contributed by atoms with van der Waals surface area (Å²) in [4.78, 5) is 32.8. The first-order valence-corrected chi connectivity index (χ1v) is 5.15. The Balaban J connectivity index is 2.50. The lowest BCUT2D eigenvalue weighted by Crippen LogP contribution is -2.37. The number of methoxy groups -OCH3 is 1. The number of hydrogen-bond donors (Lipinski definition) is 1. The van der Waals surface area contributed by atoms with Gasteiger partial charge < -0.3 is 24.4 Å². The second-order valence-electron chi connectivity index (χ2n) is 3.59. The molecule has 0 atom stereocenters. The minimum absolute atomic E-state index is 0.282. The zero-order chi connectivity index (χ0) is 14.0. The van der Waals surface area contributed by atoms with Gasteiger partial charge in [-0.15, -0.1) is 0 Å². The van der Waals surface area contributed by atoms with E-state index in [-0.39, 0.29) is 11.3 Å². The number of nitrogens with one attached hydrogen (secondary N) is 1. The Kier molecular flexibility index (Phi) is 3.19. The van der Waals surface area contributed by atoms with Crippen LogP contribution in [0.4, 0.5) is 5.69 Å². The van der Waals surface area contributed by atoms with Crippen molar-refractivity contribution in [1.29, 1.82) is 0 Å². The molecule has 0 saturated heterocycles. The summed E-state index contributed by atoms with van der Waals surface area (Å²) < 4.78 is 9.93. The van der Waals surface area contributed by atoms with Gasteiger partial charge in [0.15, 0.2) is 0 Å². The SMILES string of the molecule is COc1ccc2oc(=O)c(NC(=O)C(=O)[O-])cc2c1. The second-order valence-corrected chi connectivity index (χ2v) is 3.59. The Morgan fingerprint density at radius 3 is 2.68 bits per heavy atom. The first-order chi connectivity index (χ1) is 9.01. The van der Waals surface area contributed by atoms with Crippen LogP contribution in [0.2, 0.25) is 0 Å². The Morgan fingerprint density at radius 1 is 1.32 bits per heavy atom. The zero-order valence-corrected chi connectivity index (χ0v) is 9.76. The molecule has 0 fully saturated rings. The van der Waals surface area contributed by atoms with Crippen LogP contribution in [0.25, 0.3) is 11.0 Å². The van der Waals surface area contributed by atoms with Crippen LogP contribution in [-0.2, 0) is 9.59 Å². The van der Waals surface area contributed by atoms with Crippen molar-refractivity contribution in [2.45, 2.75) is 0 Å². The lowest BCUT2D eigenvalue weighted by molar-refractivity contribution is -0.299. The molecule has 1 aromatic heterocycles. The number of ether oxygens (including phenoxy) is 1. The summed E-state index contributed by atoms with van der Waals surface area (Å²) in [6.07, 6.45) is 0. The maximum atomic E-state index is 11.5. The lowest BCUT2D eigenvalue weighted by atomic mass is 10.2. The highest BCUT2D eigenvalue weighted by atomic mass is 16.5. The molecule has 7 nitrogen and oxygen atoms in total. The molecule has 0 aliphatic carbocycles. The Morgan fingerprint density at radius 2 is 2.05 bits per heavy atom. The van der Waals surface area contributed by atoms with Crippen molar-refractivity contribution in [1.82, 2.24) is 0 Å². The van der Waals surface area contributed by atoms with E-state index in [1.54, 1.807) is 12.1 Å². The molecule has 0 aliphatic heterocycles. The molecule has 1 aromatic carbocycles. The van der Waals surface area contributed by atoms with Crippen LogP contribution in [0.3, 0.4) is 0 Å². The summed E-state index contributed by atoms with van der Waals surface area (Å²) in [6, 6.07) is 6.00. The third-order valence-corrected chi connectivity index (χ3v) is 2.37. The molecule has 19 heavy (non-hydrogen) atoms. The molecule has 0 saturated carbocycles. The highest BCUT2D eigenvalue weighted by Crippen LogP contribution is 2.21. The molecule has 0 unspecified atom stereocenters. The number of benzene rings is 1. The number of aliphatic carboxylic acids is 1. The fraction of sp³-hybridized carbons (Fsp3) is 0.0833. The van der Waals surface area contributed by atoms with Crippen molar-refractivity contribution in [3.8, 4) is 5.75 Å². The van der Waals surface area contributed by atoms with Crippen LogP contribution in [-0.4, -0.2) is 19.0 Å². The highest BCUT2D eigenvalue weighted by molar-refractivity contribution is 6.35. The average Bonchev–Trinajstić information content (AvgIpc) is 2.38. The van der Waals surface area contributed by atoms with Gasteiger partial charge in [-0.25, -0.2) is 4.79 Å². The van der Waals surface area contributed by atoms with Crippen LogP contribution >= 0.6 is 0 Å². The monoisotopic (exact) mass is 262 g/mol. The van der Waals surface area contributed by atoms with Gasteiger partial charge in [0.1, 0.15) is 23.0 Å². The molecule has 98 valence electrons. The van der Waals surface area contributed by atoms with E-state index in [9.17, 15) is 19.5 Å². The van der Waals surface area contributed by atoms with Gasteiger partial charge in [-0.2, -0.15) is 0 Å². The van der Waals surface area contributed by atoms with Gasteiger partial charge in [0.2, 0.25) is 0 Å². The number of carboxylic acid groups (broad SMARTS) is 1. The zero-order valence-electron chi connectivity index (χ0n) is 9.76. The number of carboxylic acids is 1. The number of carbonyl (C=O) groups is 2. The number of amides is 1. The predicted molar refractivity (Wildman–Crippen MR) is 62.7 cm³/mol. The van der Waals surface area contributed by atoms with Crippen molar-refractivity contribution in [2.75, 3.05) is 12.4 Å². The maximum Gasteiger partial charge on any atom is 0.360 e. The fourth-order valence-corrected chi connectivity index (χ4v) is 1.49. The number of carbonyl (C=O) groups excluding carboxylic acids is 2. The van der Waals surface area contributed by atoms with Crippen LogP contribution in [0, 0.1) is 0 Å². The molecule has 0 bridgehead atoms. The third kappa shape index (κ3) is 2.54. The average molecular weight is 262 g/mol. The standard InChI is InChI=1S/C12H9NO6/c1-18-7-2-3-9-6(4-7)5-8(12(17)19-9)13-10(14)11(15)16/h2-5H,1H3,(H,13,14)(H,15,16)/p-1. The Labute approximate surface area is 106 Å². The molecule has 7 heteroatoms. The Hall–Kier alpha value is -2.83. The normalized spacial score (nSPS) is 10.2. The van der Waals surface area contributed by atoms with Crippen LogP contribution in [0.15, 0.2) is 33.5 Å². The predicted octanol–water partition coefficient (Wildman–Crippen LogP) is -0.510. The lowest BCUT2D eigenvalue weighted by Gasteiger charge is -2.06. The third-order valence-electron chi connectivity index (χ3n) is 2.37. The molecule has 0 aliphatic rings. The minimum Gasteiger partial charge on any atom is -0.540 e. The van der Waals surface area contributed by atoms with E-state index in [0.717, 1.165) is 0 Å². The van der Waals surface area contributed by atoms with E-state index in [0.29, 0.717) is 11.1 Å². The highest BCUT2D eigenvalue weighted by Gasteiger charge is 2.10. The molecule has 2 aromatic rings. The molecular formula is C12H8NO6-. The summed E-state index contributed by atoms with van der Waals surface area (Å²) in [6.45, 7) is 0. The smallest absolute Gasteiger partial charge is 0.360 e. The van der Waals surface area contributed by atoms with Gasteiger partial charge >= 0.3 is 5.63 Å². The molecule has 0 radical (unpaired) electrons.